The first-order valence-electron chi connectivity index (χ1n) is 6.72. The van der Waals surface area contributed by atoms with E-state index in [2.05, 4.69) is 36.3 Å². The number of anilines is 1. The van der Waals surface area contributed by atoms with Crippen LogP contribution in [0.4, 0.5) is 5.69 Å². The molecule has 1 aliphatic rings. The van der Waals surface area contributed by atoms with Gasteiger partial charge in [0.1, 0.15) is 5.75 Å². The van der Waals surface area contributed by atoms with Crippen LogP contribution < -0.4 is 15.0 Å². The lowest BCUT2D eigenvalue weighted by molar-refractivity contribution is 0.410. The molecule has 3 heteroatoms. The summed E-state index contributed by atoms with van der Waals surface area (Å²) in [6, 6.07) is 4.27. The molecule has 0 fully saturated rings. The van der Waals surface area contributed by atoms with Crippen LogP contribution in [0.15, 0.2) is 12.1 Å². The first kappa shape index (κ1) is 13.2. The van der Waals surface area contributed by atoms with E-state index in [1.165, 1.54) is 29.7 Å². The minimum absolute atomic E-state index is 0.652. The predicted molar refractivity (Wildman–Crippen MR) is 76.9 cm³/mol. The lowest BCUT2D eigenvalue weighted by atomic mass is 9.84. The number of methoxy groups -OCH3 is 1. The molecular weight excluding hydrogens is 224 g/mol. The molecule has 0 spiro atoms. The van der Waals surface area contributed by atoms with Crippen LogP contribution in [0.2, 0.25) is 0 Å². The Morgan fingerprint density at radius 3 is 2.89 bits per heavy atom. The quantitative estimate of drug-likeness (QED) is 0.886. The Labute approximate surface area is 110 Å². The number of nitrogens with zero attached hydrogens (tertiary/aromatic N) is 1. The van der Waals surface area contributed by atoms with Gasteiger partial charge in [-0.1, -0.05) is 6.07 Å². The zero-order chi connectivity index (χ0) is 13.1. The van der Waals surface area contributed by atoms with Crippen LogP contribution >= 0.6 is 0 Å². The molecule has 100 valence electrons. The van der Waals surface area contributed by atoms with Crippen molar-refractivity contribution in [1.82, 2.24) is 5.32 Å². The van der Waals surface area contributed by atoms with Gasteiger partial charge in [-0.25, -0.2) is 0 Å². The maximum absolute atomic E-state index is 5.53. The molecule has 1 aliphatic heterocycles. The molecule has 1 N–H and O–H groups in total. The molecule has 0 bridgehead atoms. The van der Waals surface area contributed by atoms with Gasteiger partial charge < -0.3 is 15.0 Å². The molecule has 1 aromatic carbocycles. The maximum atomic E-state index is 5.53. The van der Waals surface area contributed by atoms with Crippen LogP contribution in [0.1, 0.15) is 29.9 Å². The molecule has 0 radical (unpaired) electrons. The van der Waals surface area contributed by atoms with Crippen molar-refractivity contribution in [2.24, 2.45) is 0 Å². The fraction of sp³-hybridized carbons (Fsp3) is 0.600. The monoisotopic (exact) mass is 248 g/mol. The van der Waals surface area contributed by atoms with E-state index < -0.39 is 0 Å². The highest BCUT2D eigenvalue weighted by Crippen LogP contribution is 2.43. The third-order valence-electron chi connectivity index (χ3n) is 3.96. The molecule has 1 aromatic rings. The van der Waals surface area contributed by atoms with E-state index in [0.29, 0.717) is 5.92 Å². The van der Waals surface area contributed by atoms with Crippen molar-refractivity contribution in [1.29, 1.82) is 0 Å². The van der Waals surface area contributed by atoms with Crippen molar-refractivity contribution in [2.45, 2.75) is 25.7 Å². The Kier molecular flexibility index (Phi) is 4.12. The van der Waals surface area contributed by atoms with E-state index in [0.717, 1.165) is 18.8 Å². The minimum Gasteiger partial charge on any atom is -0.495 e. The average Bonchev–Trinajstić information content (AvgIpc) is 2.39. The zero-order valence-corrected chi connectivity index (χ0v) is 11.9. The highest BCUT2D eigenvalue weighted by Gasteiger charge is 2.27. The summed E-state index contributed by atoms with van der Waals surface area (Å²) in [5.41, 5.74) is 4.17. The molecule has 1 heterocycles. The van der Waals surface area contributed by atoms with Crippen LogP contribution in [-0.4, -0.2) is 34.3 Å². The summed E-state index contributed by atoms with van der Waals surface area (Å²) in [4.78, 5) is 2.33. The Bertz CT molecular complexity index is 417. The fourth-order valence-electron chi connectivity index (χ4n) is 2.98. The lowest BCUT2D eigenvalue weighted by Crippen LogP contribution is -2.29. The van der Waals surface area contributed by atoms with Gasteiger partial charge in [-0.15, -0.1) is 0 Å². The number of nitrogens with one attached hydrogen (secondary N) is 1. The van der Waals surface area contributed by atoms with Crippen LogP contribution in [-0.2, 0) is 0 Å². The Morgan fingerprint density at radius 2 is 2.22 bits per heavy atom. The molecule has 0 aromatic heterocycles. The van der Waals surface area contributed by atoms with E-state index in [-0.39, 0.29) is 0 Å². The SMILES string of the molecule is CNCCC1CCN(C)c2c(OC)ccc(C)c21. The highest BCUT2D eigenvalue weighted by molar-refractivity contribution is 5.68. The van der Waals surface area contributed by atoms with Gasteiger partial charge in [-0.3, -0.25) is 0 Å². The van der Waals surface area contributed by atoms with Crippen LogP contribution in [0.3, 0.4) is 0 Å². The summed E-state index contributed by atoms with van der Waals surface area (Å²) in [5, 5.41) is 3.26. The van der Waals surface area contributed by atoms with Crippen LogP contribution in [0.5, 0.6) is 5.75 Å². The van der Waals surface area contributed by atoms with Crippen LogP contribution in [0, 0.1) is 6.92 Å². The molecule has 18 heavy (non-hydrogen) atoms. The van der Waals surface area contributed by atoms with Crippen molar-refractivity contribution in [3.63, 3.8) is 0 Å². The fourth-order valence-corrected chi connectivity index (χ4v) is 2.98. The molecular formula is C15H24N2O. The van der Waals surface area contributed by atoms with E-state index in [1.54, 1.807) is 7.11 Å². The molecule has 1 atom stereocenters. The smallest absolute Gasteiger partial charge is 0.142 e. The van der Waals surface area contributed by atoms with Gasteiger partial charge in [0.05, 0.1) is 12.8 Å². The summed E-state index contributed by atoms with van der Waals surface area (Å²) >= 11 is 0. The van der Waals surface area contributed by atoms with Gasteiger partial charge in [0, 0.05) is 13.6 Å². The lowest BCUT2D eigenvalue weighted by Gasteiger charge is -2.35. The second-order valence-corrected chi connectivity index (χ2v) is 5.15. The number of benzene rings is 1. The predicted octanol–water partition coefficient (Wildman–Crippen LogP) is 2.54. The third kappa shape index (κ3) is 2.32. The molecule has 3 nitrogen and oxygen atoms in total. The number of ether oxygens (including phenoxy) is 1. The third-order valence-corrected chi connectivity index (χ3v) is 3.96. The number of hydrogen-bond donors (Lipinski definition) is 1. The molecule has 0 amide bonds. The van der Waals surface area contributed by atoms with Gasteiger partial charge >= 0.3 is 0 Å². The van der Waals surface area contributed by atoms with Gasteiger partial charge in [-0.05, 0) is 56.5 Å². The molecule has 0 aliphatic carbocycles. The van der Waals surface area contributed by atoms with Gasteiger partial charge in [-0.2, -0.15) is 0 Å². The Morgan fingerprint density at radius 1 is 1.44 bits per heavy atom. The van der Waals surface area contributed by atoms with E-state index in [4.69, 9.17) is 4.74 Å². The normalized spacial score (nSPS) is 18.7. The molecule has 2 rings (SSSR count). The zero-order valence-electron chi connectivity index (χ0n) is 11.9. The minimum atomic E-state index is 0.652. The van der Waals surface area contributed by atoms with E-state index in [1.807, 2.05) is 7.05 Å². The summed E-state index contributed by atoms with van der Waals surface area (Å²) in [6.07, 6.45) is 2.44. The number of rotatable bonds is 4. The molecule has 0 saturated carbocycles. The van der Waals surface area contributed by atoms with E-state index >= 15 is 0 Å². The van der Waals surface area contributed by atoms with Crippen molar-refractivity contribution < 1.29 is 4.74 Å². The van der Waals surface area contributed by atoms with Gasteiger partial charge in [0.15, 0.2) is 0 Å². The largest absolute Gasteiger partial charge is 0.495 e. The van der Waals surface area contributed by atoms with Gasteiger partial charge in [0.25, 0.3) is 0 Å². The maximum Gasteiger partial charge on any atom is 0.142 e. The van der Waals surface area contributed by atoms with Crippen molar-refractivity contribution >= 4 is 5.69 Å². The van der Waals surface area contributed by atoms with Crippen molar-refractivity contribution in [3.05, 3.63) is 23.3 Å². The summed E-state index contributed by atoms with van der Waals surface area (Å²) in [7, 11) is 5.94. The van der Waals surface area contributed by atoms with Crippen LogP contribution in [0.25, 0.3) is 0 Å². The highest BCUT2D eigenvalue weighted by atomic mass is 16.5. The topological polar surface area (TPSA) is 24.5 Å². The van der Waals surface area contributed by atoms with E-state index in [9.17, 15) is 0 Å². The molecule has 1 unspecified atom stereocenters. The van der Waals surface area contributed by atoms with Gasteiger partial charge in [0.2, 0.25) is 0 Å². The second-order valence-electron chi connectivity index (χ2n) is 5.15. The summed E-state index contributed by atoms with van der Waals surface area (Å²) < 4.78 is 5.53. The Balaban J connectivity index is 2.42. The summed E-state index contributed by atoms with van der Waals surface area (Å²) in [6.45, 7) is 4.40. The first-order valence-corrected chi connectivity index (χ1v) is 6.72. The second kappa shape index (κ2) is 5.61. The average molecular weight is 248 g/mol. The number of fused-ring (bicyclic) bond motifs is 1. The number of aryl methyl sites for hydroxylation is 1. The Hall–Kier alpha value is -1.22. The molecule has 0 saturated heterocycles. The summed E-state index contributed by atoms with van der Waals surface area (Å²) in [5.74, 6) is 1.66. The van der Waals surface area contributed by atoms with Crippen molar-refractivity contribution in [3.8, 4) is 5.75 Å². The number of hydrogen-bond acceptors (Lipinski definition) is 3. The van der Waals surface area contributed by atoms with Crippen molar-refractivity contribution in [2.75, 3.05) is 39.2 Å². The standard InChI is InChI=1S/C15H24N2O/c1-11-5-6-13(18-4)15-14(11)12(7-9-16-2)8-10-17(15)3/h5-6,12,16H,7-10H2,1-4H3. The first-order chi connectivity index (χ1) is 8.69.